The van der Waals surface area contributed by atoms with Crippen molar-refractivity contribution in [3.8, 4) is 0 Å². The van der Waals surface area contributed by atoms with E-state index >= 15 is 0 Å². The predicted octanol–water partition coefficient (Wildman–Crippen LogP) is 1.61. The summed E-state index contributed by atoms with van der Waals surface area (Å²) in [4.78, 5) is 40.1. The lowest BCUT2D eigenvalue weighted by Gasteiger charge is -2.35. The minimum atomic E-state index is -0.508. The van der Waals surface area contributed by atoms with Gasteiger partial charge < -0.3 is 4.74 Å². The average Bonchev–Trinajstić information content (AvgIpc) is 3.09. The Morgan fingerprint density at radius 1 is 1.12 bits per heavy atom. The Balaban J connectivity index is 1.63. The number of fused-ring (bicyclic) bond motifs is 1. The molecule has 0 N–H and O–H groups in total. The van der Waals surface area contributed by atoms with E-state index in [-0.39, 0.29) is 23.8 Å². The number of imide groups is 1. The summed E-state index contributed by atoms with van der Waals surface area (Å²) < 4.78 is 5.28. The summed E-state index contributed by atoms with van der Waals surface area (Å²) in [6, 6.07) is 9.33. The van der Waals surface area contributed by atoms with Crippen molar-refractivity contribution in [3.05, 3.63) is 48.0 Å². The van der Waals surface area contributed by atoms with E-state index in [1.165, 1.54) is 11.9 Å². The van der Waals surface area contributed by atoms with E-state index in [1.54, 1.807) is 4.90 Å². The molecule has 0 saturated carbocycles. The number of allylic oxidation sites excluding steroid dienone is 1. The van der Waals surface area contributed by atoms with Crippen molar-refractivity contribution < 1.29 is 19.1 Å². The summed E-state index contributed by atoms with van der Waals surface area (Å²) in [6.07, 6.45) is 4.58. The van der Waals surface area contributed by atoms with Crippen LogP contribution in [0.25, 0.3) is 0 Å². The Bertz CT molecular complexity index is 745. The Morgan fingerprint density at radius 3 is 2.64 bits per heavy atom. The molecule has 2 saturated heterocycles. The smallest absolute Gasteiger partial charge is 0.410 e. The van der Waals surface area contributed by atoms with Gasteiger partial charge in [0.05, 0.1) is 23.9 Å². The van der Waals surface area contributed by atoms with Crippen LogP contribution in [-0.2, 0) is 20.7 Å². The van der Waals surface area contributed by atoms with E-state index in [9.17, 15) is 14.4 Å². The van der Waals surface area contributed by atoms with Crippen LogP contribution in [-0.4, -0.2) is 53.4 Å². The van der Waals surface area contributed by atoms with Crippen LogP contribution in [0.4, 0.5) is 4.79 Å². The molecule has 0 unspecified atom stereocenters. The molecule has 1 aromatic rings. The second-order valence-electron chi connectivity index (χ2n) is 6.85. The van der Waals surface area contributed by atoms with Gasteiger partial charge in [-0.15, -0.1) is 0 Å². The maximum Gasteiger partial charge on any atom is 0.410 e. The van der Waals surface area contributed by atoms with E-state index in [0.717, 1.165) is 5.56 Å². The average molecular weight is 340 g/mol. The highest BCUT2D eigenvalue weighted by Crippen LogP contribution is 2.38. The molecule has 0 bridgehead atoms. The molecule has 130 valence electrons. The van der Waals surface area contributed by atoms with E-state index in [1.807, 2.05) is 42.5 Å². The molecule has 2 fully saturated rings. The highest BCUT2D eigenvalue weighted by Gasteiger charge is 2.54. The zero-order chi connectivity index (χ0) is 17.6. The fraction of sp³-hybridized carbons (Fsp3) is 0.421. The van der Waals surface area contributed by atoms with E-state index in [2.05, 4.69) is 0 Å². The maximum absolute atomic E-state index is 12.6. The maximum atomic E-state index is 12.6. The summed E-state index contributed by atoms with van der Waals surface area (Å²) in [7, 11) is 1.52. The lowest BCUT2D eigenvalue weighted by atomic mass is 9.80. The molecule has 4 rings (SSSR count). The van der Waals surface area contributed by atoms with Gasteiger partial charge in [0.2, 0.25) is 11.8 Å². The van der Waals surface area contributed by atoms with Crippen LogP contribution in [0.5, 0.6) is 0 Å². The highest BCUT2D eigenvalue weighted by atomic mass is 16.6. The topological polar surface area (TPSA) is 66.9 Å². The number of rotatable bonds is 3. The van der Waals surface area contributed by atoms with Crippen molar-refractivity contribution in [1.29, 1.82) is 0 Å². The first-order valence-electron chi connectivity index (χ1n) is 8.55. The lowest BCUT2D eigenvalue weighted by Crippen LogP contribution is -2.50. The van der Waals surface area contributed by atoms with Gasteiger partial charge in [-0.2, -0.15) is 0 Å². The summed E-state index contributed by atoms with van der Waals surface area (Å²) in [5, 5.41) is 0. The van der Waals surface area contributed by atoms with E-state index < -0.39 is 18.1 Å². The molecule has 25 heavy (non-hydrogen) atoms. The molecule has 1 aliphatic carbocycles. The molecule has 0 spiro atoms. The SMILES string of the molecule is CN1C(=O)[C@H]2[C@H](CC=C[C@H]2N2C(=O)OC[C@@H]2Cc2ccccc2)C1=O. The summed E-state index contributed by atoms with van der Waals surface area (Å²) in [5.41, 5.74) is 1.11. The van der Waals surface area contributed by atoms with Crippen LogP contribution in [0.2, 0.25) is 0 Å². The molecule has 0 aromatic heterocycles. The molecule has 6 heteroatoms. The van der Waals surface area contributed by atoms with Gasteiger partial charge in [0.15, 0.2) is 0 Å². The number of amides is 3. The van der Waals surface area contributed by atoms with Gasteiger partial charge >= 0.3 is 6.09 Å². The van der Waals surface area contributed by atoms with Gasteiger partial charge in [-0.3, -0.25) is 19.4 Å². The van der Waals surface area contributed by atoms with Crippen LogP contribution >= 0.6 is 0 Å². The first kappa shape index (κ1) is 15.9. The number of hydrogen-bond donors (Lipinski definition) is 0. The Morgan fingerprint density at radius 2 is 1.88 bits per heavy atom. The van der Waals surface area contributed by atoms with Crippen LogP contribution in [0.3, 0.4) is 0 Å². The third kappa shape index (κ3) is 2.52. The Hall–Kier alpha value is -2.63. The van der Waals surface area contributed by atoms with Crippen molar-refractivity contribution in [2.45, 2.75) is 24.9 Å². The normalized spacial score (nSPS) is 31.5. The van der Waals surface area contributed by atoms with Crippen molar-refractivity contribution in [3.63, 3.8) is 0 Å². The number of nitrogens with zero attached hydrogens (tertiary/aromatic N) is 2. The molecular weight excluding hydrogens is 320 g/mol. The largest absolute Gasteiger partial charge is 0.447 e. The quantitative estimate of drug-likeness (QED) is 0.619. The van der Waals surface area contributed by atoms with Crippen LogP contribution in [0, 0.1) is 11.8 Å². The highest BCUT2D eigenvalue weighted by molar-refractivity contribution is 6.05. The van der Waals surface area contributed by atoms with E-state index in [0.29, 0.717) is 19.4 Å². The number of benzene rings is 1. The second kappa shape index (κ2) is 6.02. The van der Waals surface area contributed by atoms with Crippen LogP contribution in [0.15, 0.2) is 42.5 Å². The Labute approximate surface area is 146 Å². The Kier molecular flexibility index (Phi) is 3.82. The molecule has 2 heterocycles. The van der Waals surface area contributed by atoms with Gasteiger partial charge in [-0.25, -0.2) is 4.79 Å². The zero-order valence-corrected chi connectivity index (χ0v) is 14.0. The van der Waals surface area contributed by atoms with Crippen LogP contribution < -0.4 is 0 Å². The van der Waals surface area contributed by atoms with Crippen molar-refractivity contribution in [2.75, 3.05) is 13.7 Å². The number of hydrogen-bond acceptors (Lipinski definition) is 4. The number of likely N-dealkylation sites (tertiary alicyclic amines) is 1. The minimum absolute atomic E-state index is 0.142. The molecule has 2 aliphatic heterocycles. The van der Waals surface area contributed by atoms with Gasteiger partial charge in [0, 0.05) is 7.05 Å². The summed E-state index contributed by atoms with van der Waals surface area (Å²) >= 11 is 0. The van der Waals surface area contributed by atoms with Gasteiger partial charge in [-0.05, 0) is 18.4 Å². The van der Waals surface area contributed by atoms with Gasteiger partial charge in [0.1, 0.15) is 6.61 Å². The minimum Gasteiger partial charge on any atom is -0.447 e. The monoisotopic (exact) mass is 340 g/mol. The number of carbonyl (C=O) groups is 3. The van der Waals surface area contributed by atoms with Crippen molar-refractivity contribution >= 4 is 17.9 Å². The fourth-order valence-corrected chi connectivity index (χ4v) is 4.17. The first-order valence-corrected chi connectivity index (χ1v) is 8.55. The van der Waals surface area contributed by atoms with E-state index in [4.69, 9.17) is 4.74 Å². The number of carbonyl (C=O) groups excluding carboxylic acids is 3. The predicted molar refractivity (Wildman–Crippen MR) is 89.4 cm³/mol. The van der Waals surface area contributed by atoms with Crippen LogP contribution in [0.1, 0.15) is 12.0 Å². The summed E-state index contributed by atoms with van der Waals surface area (Å²) in [5.74, 6) is -1.25. The third-order valence-electron chi connectivity index (χ3n) is 5.43. The molecule has 3 amide bonds. The third-order valence-corrected chi connectivity index (χ3v) is 5.43. The number of ether oxygens (including phenoxy) is 1. The zero-order valence-electron chi connectivity index (χ0n) is 14.0. The molecule has 0 radical (unpaired) electrons. The lowest BCUT2D eigenvalue weighted by molar-refractivity contribution is -0.138. The number of cyclic esters (lactones) is 1. The van der Waals surface area contributed by atoms with Crippen molar-refractivity contribution in [2.24, 2.45) is 11.8 Å². The molecule has 6 nitrogen and oxygen atoms in total. The first-order chi connectivity index (χ1) is 12.1. The summed E-state index contributed by atoms with van der Waals surface area (Å²) in [6.45, 7) is 0.299. The van der Waals surface area contributed by atoms with Crippen molar-refractivity contribution in [1.82, 2.24) is 9.80 Å². The molecular formula is C19H20N2O4. The van der Waals surface area contributed by atoms with Gasteiger partial charge in [0.25, 0.3) is 0 Å². The standard InChI is InChI=1S/C19H20N2O4/c1-20-17(22)14-8-5-9-15(16(14)18(20)23)21-13(11-25-19(21)24)10-12-6-3-2-4-7-12/h2-7,9,13-16H,8,10-11H2,1H3/t13-,14-,15+,16-/m0/s1. The molecule has 1 aromatic carbocycles. The second-order valence-corrected chi connectivity index (χ2v) is 6.85. The molecule has 3 aliphatic rings. The molecule has 4 atom stereocenters. The van der Waals surface area contributed by atoms with Gasteiger partial charge in [-0.1, -0.05) is 42.5 Å². The fourth-order valence-electron chi connectivity index (χ4n) is 4.17.